The lowest BCUT2D eigenvalue weighted by atomic mass is 10.2. The Hall–Kier alpha value is -2.53. The normalized spacial score (nSPS) is 10.2. The number of rotatable bonds is 6. The molecule has 0 atom stereocenters. The van der Waals surface area contributed by atoms with Crippen molar-refractivity contribution in [3.63, 3.8) is 0 Å². The van der Waals surface area contributed by atoms with Crippen molar-refractivity contribution < 1.29 is 14.7 Å². The van der Waals surface area contributed by atoms with Crippen LogP contribution in [-0.2, 0) is 9.59 Å². The Balaban J connectivity index is 1.80. The van der Waals surface area contributed by atoms with Crippen molar-refractivity contribution in [2.24, 2.45) is 0 Å². The summed E-state index contributed by atoms with van der Waals surface area (Å²) in [7, 11) is 1.71. The van der Waals surface area contributed by atoms with E-state index in [4.69, 9.17) is 11.6 Å². The van der Waals surface area contributed by atoms with Crippen LogP contribution in [0, 0.1) is 0 Å². The second kappa shape index (κ2) is 8.36. The molecule has 0 aliphatic carbocycles. The fraction of sp³-hybridized carbons (Fsp3) is 0.222. The predicted molar refractivity (Wildman–Crippen MR) is 95.4 cm³/mol. The predicted octanol–water partition coefficient (Wildman–Crippen LogP) is 3.82. The minimum Gasteiger partial charge on any atom is -0.506 e. The molecule has 2 N–H and O–H groups in total. The minimum absolute atomic E-state index is 0.0485. The van der Waals surface area contributed by atoms with Crippen molar-refractivity contribution in [1.82, 2.24) is 0 Å². The van der Waals surface area contributed by atoms with Gasteiger partial charge in [-0.15, -0.1) is 0 Å². The first-order chi connectivity index (χ1) is 11.5. The first kappa shape index (κ1) is 17.8. The molecule has 2 rings (SSSR count). The Kier molecular flexibility index (Phi) is 6.21. The quantitative estimate of drug-likeness (QED) is 0.781. The van der Waals surface area contributed by atoms with Crippen LogP contribution in [0.15, 0.2) is 48.5 Å². The largest absolute Gasteiger partial charge is 0.506 e. The molecule has 24 heavy (non-hydrogen) atoms. The number of halogens is 1. The molecule has 0 heterocycles. The summed E-state index contributed by atoms with van der Waals surface area (Å²) < 4.78 is 0. The highest BCUT2D eigenvalue weighted by molar-refractivity contribution is 6.31. The monoisotopic (exact) mass is 346 g/mol. The van der Waals surface area contributed by atoms with Crippen molar-refractivity contribution in [3.05, 3.63) is 53.6 Å². The highest BCUT2D eigenvalue weighted by atomic mass is 35.5. The van der Waals surface area contributed by atoms with Crippen molar-refractivity contribution >= 4 is 34.8 Å². The average molecular weight is 347 g/mol. The molecule has 2 aromatic carbocycles. The standard InChI is InChI=1S/C18H19ClN2O3/c1-21(14-6-3-2-4-7-14)18(24)9-5-8-17(23)20-15-12-13(19)10-11-16(15)22/h2-4,6-7,10-12,22H,5,8-9H2,1H3,(H,20,23). The number of phenolic OH excluding ortho intramolecular Hbond substituents is 1. The van der Waals surface area contributed by atoms with E-state index in [0.29, 0.717) is 11.4 Å². The van der Waals surface area contributed by atoms with Crippen LogP contribution >= 0.6 is 11.6 Å². The number of phenols is 1. The second-order valence-electron chi connectivity index (χ2n) is 5.35. The summed E-state index contributed by atoms with van der Waals surface area (Å²) >= 11 is 5.83. The zero-order valence-electron chi connectivity index (χ0n) is 13.3. The number of para-hydroxylation sites is 1. The summed E-state index contributed by atoms with van der Waals surface area (Å²) in [6.07, 6.45) is 0.865. The molecule has 0 bridgehead atoms. The summed E-state index contributed by atoms with van der Waals surface area (Å²) in [5, 5.41) is 12.7. The van der Waals surface area contributed by atoms with Gasteiger partial charge in [0.05, 0.1) is 5.69 Å². The van der Waals surface area contributed by atoms with E-state index in [1.165, 1.54) is 18.2 Å². The molecular weight excluding hydrogens is 328 g/mol. The van der Waals surface area contributed by atoms with Gasteiger partial charge in [0, 0.05) is 30.6 Å². The minimum atomic E-state index is -0.275. The highest BCUT2D eigenvalue weighted by Crippen LogP contribution is 2.26. The molecule has 126 valence electrons. The van der Waals surface area contributed by atoms with Gasteiger partial charge < -0.3 is 15.3 Å². The van der Waals surface area contributed by atoms with E-state index in [2.05, 4.69) is 5.32 Å². The number of aromatic hydroxyl groups is 1. The lowest BCUT2D eigenvalue weighted by Gasteiger charge is -2.17. The Bertz CT molecular complexity index is 719. The molecule has 0 radical (unpaired) electrons. The van der Waals surface area contributed by atoms with Crippen LogP contribution < -0.4 is 10.2 Å². The molecule has 0 saturated heterocycles. The second-order valence-corrected chi connectivity index (χ2v) is 5.79. The third-order valence-corrected chi connectivity index (χ3v) is 3.78. The molecule has 5 nitrogen and oxygen atoms in total. The molecule has 2 aromatic rings. The SMILES string of the molecule is CN(C(=O)CCCC(=O)Nc1cc(Cl)ccc1O)c1ccccc1. The van der Waals surface area contributed by atoms with Gasteiger partial charge in [0.1, 0.15) is 5.75 Å². The smallest absolute Gasteiger partial charge is 0.226 e. The number of anilines is 2. The number of nitrogens with zero attached hydrogens (tertiary/aromatic N) is 1. The number of hydrogen-bond donors (Lipinski definition) is 2. The van der Waals surface area contributed by atoms with Gasteiger partial charge in [-0.1, -0.05) is 29.8 Å². The third-order valence-electron chi connectivity index (χ3n) is 3.54. The zero-order chi connectivity index (χ0) is 17.5. The molecule has 6 heteroatoms. The molecule has 0 fully saturated rings. The molecule has 0 aliphatic rings. The third kappa shape index (κ3) is 4.99. The summed E-state index contributed by atoms with van der Waals surface area (Å²) in [6.45, 7) is 0. The van der Waals surface area contributed by atoms with Gasteiger partial charge in [0.25, 0.3) is 0 Å². The van der Waals surface area contributed by atoms with Gasteiger partial charge in [0.15, 0.2) is 0 Å². The van der Waals surface area contributed by atoms with Crippen LogP contribution in [0.1, 0.15) is 19.3 Å². The molecule has 2 amide bonds. The van der Waals surface area contributed by atoms with E-state index >= 15 is 0 Å². The summed E-state index contributed by atoms with van der Waals surface area (Å²) in [6, 6.07) is 13.7. The van der Waals surface area contributed by atoms with Crippen molar-refractivity contribution in [1.29, 1.82) is 0 Å². The Morgan fingerprint density at radius 3 is 2.54 bits per heavy atom. The van der Waals surface area contributed by atoms with Crippen LogP contribution in [-0.4, -0.2) is 24.0 Å². The maximum absolute atomic E-state index is 12.1. The van der Waals surface area contributed by atoms with Crippen molar-refractivity contribution in [3.8, 4) is 5.75 Å². The maximum atomic E-state index is 12.1. The van der Waals surface area contributed by atoms with Gasteiger partial charge in [-0.05, 0) is 36.8 Å². The Labute approximate surface area is 145 Å². The number of nitrogens with one attached hydrogen (secondary N) is 1. The van der Waals surface area contributed by atoms with E-state index in [9.17, 15) is 14.7 Å². The van der Waals surface area contributed by atoms with E-state index in [0.717, 1.165) is 5.69 Å². The summed E-state index contributed by atoms with van der Waals surface area (Å²) in [5.41, 5.74) is 1.08. The van der Waals surface area contributed by atoms with Crippen LogP contribution in [0.2, 0.25) is 5.02 Å². The van der Waals surface area contributed by atoms with Gasteiger partial charge >= 0.3 is 0 Å². The van der Waals surface area contributed by atoms with Crippen LogP contribution in [0.3, 0.4) is 0 Å². The number of hydrogen-bond acceptors (Lipinski definition) is 3. The highest BCUT2D eigenvalue weighted by Gasteiger charge is 2.12. The van der Waals surface area contributed by atoms with Gasteiger partial charge in [-0.25, -0.2) is 0 Å². The number of carbonyl (C=O) groups excluding carboxylic acids is 2. The van der Waals surface area contributed by atoms with E-state index in [1.807, 2.05) is 30.3 Å². The molecule has 0 saturated carbocycles. The fourth-order valence-electron chi connectivity index (χ4n) is 2.18. The zero-order valence-corrected chi connectivity index (χ0v) is 14.1. The van der Waals surface area contributed by atoms with Gasteiger partial charge in [0.2, 0.25) is 11.8 Å². The molecule has 0 aromatic heterocycles. The maximum Gasteiger partial charge on any atom is 0.226 e. The Morgan fingerprint density at radius 1 is 1.12 bits per heavy atom. The molecule has 0 unspecified atom stereocenters. The first-order valence-electron chi connectivity index (χ1n) is 7.57. The van der Waals surface area contributed by atoms with Gasteiger partial charge in [-0.2, -0.15) is 0 Å². The van der Waals surface area contributed by atoms with Crippen LogP contribution in [0.25, 0.3) is 0 Å². The number of carbonyl (C=O) groups is 2. The topological polar surface area (TPSA) is 69.6 Å². The van der Waals surface area contributed by atoms with Crippen LogP contribution in [0.4, 0.5) is 11.4 Å². The lowest BCUT2D eigenvalue weighted by molar-refractivity contribution is -0.118. The average Bonchev–Trinajstić information content (AvgIpc) is 2.58. The molecule has 0 aliphatic heterocycles. The Morgan fingerprint density at radius 2 is 1.83 bits per heavy atom. The summed E-state index contributed by atoms with van der Waals surface area (Å²) in [4.78, 5) is 25.6. The van der Waals surface area contributed by atoms with E-state index < -0.39 is 0 Å². The number of benzene rings is 2. The van der Waals surface area contributed by atoms with Crippen molar-refractivity contribution in [2.75, 3.05) is 17.3 Å². The van der Waals surface area contributed by atoms with Crippen LogP contribution in [0.5, 0.6) is 5.75 Å². The van der Waals surface area contributed by atoms with Crippen molar-refractivity contribution in [2.45, 2.75) is 19.3 Å². The van der Waals surface area contributed by atoms with Gasteiger partial charge in [-0.3, -0.25) is 9.59 Å². The fourth-order valence-corrected chi connectivity index (χ4v) is 2.36. The number of amides is 2. The van der Waals surface area contributed by atoms with E-state index in [1.54, 1.807) is 11.9 Å². The van der Waals surface area contributed by atoms with E-state index in [-0.39, 0.29) is 36.1 Å². The molecular formula is C18H19ClN2O3. The first-order valence-corrected chi connectivity index (χ1v) is 7.95. The molecule has 0 spiro atoms. The summed E-state index contributed by atoms with van der Waals surface area (Å²) in [5.74, 6) is -0.380. The lowest BCUT2D eigenvalue weighted by Crippen LogP contribution is -2.26.